The topological polar surface area (TPSA) is 67.4 Å². The summed E-state index contributed by atoms with van der Waals surface area (Å²) >= 11 is 0. The number of allylic oxidation sites excluding steroid dienone is 4. The van der Waals surface area contributed by atoms with Crippen LogP contribution in [0.25, 0.3) is 10.8 Å². The molecular formula is C26H24N2O3. The predicted molar refractivity (Wildman–Crippen MR) is 124 cm³/mol. The number of fused-ring (bicyclic) bond motifs is 1. The average Bonchev–Trinajstić information content (AvgIpc) is 2.80. The summed E-state index contributed by atoms with van der Waals surface area (Å²) in [6.07, 6.45) is 4.99. The van der Waals surface area contributed by atoms with Crippen LogP contribution in [-0.2, 0) is 4.79 Å². The Labute approximate surface area is 181 Å². The Hall–Kier alpha value is -4.12. The molecule has 0 unspecified atom stereocenters. The van der Waals surface area contributed by atoms with E-state index in [4.69, 9.17) is 4.74 Å². The van der Waals surface area contributed by atoms with Crippen LogP contribution in [0.4, 0.5) is 0 Å². The highest BCUT2D eigenvalue weighted by Crippen LogP contribution is 2.18. The molecule has 0 bridgehead atoms. The van der Waals surface area contributed by atoms with Crippen molar-refractivity contribution in [3.8, 4) is 5.75 Å². The van der Waals surface area contributed by atoms with Gasteiger partial charge in [0.1, 0.15) is 11.5 Å². The Morgan fingerprint density at radius 1 is 0.968 bits per heavy atom. The van der Waals surface area contributed by atoms with Crippen molar-refractivity contribution in [2.24, 2.45) is 0 Å². The van der Waals surface area contributed by atoms with Crippen molar-refractivity contribution in [3.05, 3.63) is 115 Å². The highest BCUT2D eigenvalue weighted by molar-refractivity contribution is 6.07. The van der Waals surface area contributed by atoms with Crippen LogP contribution in [0.15, 0.2) is 109 Å². The molecule has 5 nitrogen and oxygen atoms in total. The molecule has 3 aromatic rings. The number of amides is 2. The SMILES string of the molecule is C=C/C=C\C(NC(=O)CNC(=O)c1cccc2ccccc12)=C(/C)Oc1ccccc1. The standard InChI is InChI=1S/C26H24N2O3/c1-3-4-17-24(19(2)31-21-13-6-5-7-14-21)28-25(29)18-27-26(30)23-16-10-12-20-11-8-9-15-22(20)23/h3-17H,1,18H2,2H3,(H,27,30)(H,28,29)/b17-4-,24-19-. The summed E-state index contributed by atoms with van der Waals surface area (Å²) in [5.41, 5.74) is 1.00. The first-order valence-electron chi connectivity index (χ1n) is 9.87. The first-order chi connectivity index (χ1) is 15.1. The van der Waals surface area contributed by atoms with Crippen molar-refractivity contribution < 1.29 is 14.3 Å². The second-order valence-corrected chi connectivity index (χ2v) is 6.74. The van der Waals surface area contributed by atoms with Gasteiger partial charge in [-0.25, -0.2) is 0 Å². The van der Waals surface area contributed by atoms with Crippen LogP contribution in [0.1, 0.15) is 17.3 Å². The number of carbonyl (C=O) groups is 2. The molecule has 3 aromatic carbocycles. The molecule has 0 saturated carbocycles. The Morgan fingerprint density at radius 3 is 2.45 bits per heavy atom. The lowest BCUT2D eigenvalue weighted by atomic mass is 10.0. The Kier molecular flexibility index (Phi) is 7.38. The lowest BCUT2D eigenvalue weighted by Gasteiger charge is -2.13. The van der Waals surface area contributed by atoms with Crippen molar-refractivity contribution in [1.29, 1.82) is 0 Å². The van der Waals surface area contributed by atoms with E-state index in [1.54, 1.807) is 31.2 Å². The molecule has 0 heterocycles. The van der Waals surface area contributed by atoms with Crippen LogP contribution >= 0.6 is 0 Å². The summed E-state index contributed by atoms with van der Waals surface area (Å²) in [5, 5.41) is 7.27. The molecule has 0 spiro atoms. The van der Waals surface area contributed by atoms with E-state index >= 15 is 0 Å². The molecule has 0 aliphatic rings. The zero-order valence-corrected chi connectivity index (χ0v) is 17.3. The largest absolute Gasteiger partial charge is 0.460 e. The summed E-state index contributed by atoms with van der Waals surface area (Å²) in [7, 11) is 0. The number of ether oxygens (including phenoxy) is 1. The molecule has 0 radical (unpaired) electrons. The van der Waals surface area contributed by atoms with Gasteiger partial charge in [0.25, 0.3) is 5.91 Å². The number of hydrogen-bond acceptors (Lipinski definition) is 3. The molecule has 3 rings (SSSR count). The zero-order chi connectivity index (χ0) is 22.1. The van der Waals surface area contributed by atoms with Crippen LogP contribution in [0.3, 0.4) is 0 Å². The van der Waals surface area contributed by atoms with Gasteiger partial charge in [0.15, 0.2) is 0 Å². The van der Waals surface area contributed by atoms with Crippen molar-refractivity contribution in [1.82, 2.24) is 10.6 Å². The predicted octanol–water partition coefficient (Wildman–Crippen LogP) is 4.74. The molecule has 156 valence electrons. The van der Waals surface area contributed by atoms with E-state index in [-0.39, 0.29) is 18.4 Å². The Bertz CT molecular complexity index is 1140. The summed E-state index contributed by atoms with van der Waals surface area (Å²) in [5.74, 6) is 0.491. The van der Waals surface area contributed by atoms with Gasteiger partial charge in [0.2, 0.25) is 5.91 Å². The first kappa shape index (κ1) is 21.6. The molecule has 0 aromatic heterocycles. The van der Waals surface area contributed by atoms with Crippen LogP contribution < -0.4 is 15.4 Å². The monoisotopic (exact) mass is 412 g/mol. The fourth-order valence-electron chi connectivity index (χ4n) is 3.01. The molecule has 2 amide bonds. The van der Waals surface area contributed by atoms with Gasteiger partial charge in [-0.2, -0.15) is 0 Å². The molecule has 31 heavy (non-hydrogen) atoms. The third kappa shape index (κ3) is 5.93. The fraction of sp³-hybridized carbons (Fsp3) is 0.0769. The zero-order valence-electron chi connectivity index (χ0n) is 17.3. The average molecular weight is 412 g/mol. The van der Waals surface area contributed by atoms with Crippen molar-refractivity contribution in [2.45, 2.75) is 6.92 Å². The molecule has 5 heteroatoms. The number of rotatable bonds is 8. The quantitative estimate of drug-likeness (QED) is 0.415. The molecule has 0 fully saturated rings. The molecule has 0 aliphatic heterocycles. The van der Waals surface area contributed by atoms with Gasteiger partial charge < -0.3 is 15.4 Å². The van der Waals surface area contributed by atoms with Crippen molar-refractivity contribution in [2.75, 3.05) is 6.54 Å². The van der Waals surface area contributed by atoms with E-state index < -0.39 is 0 Å². The summed E-state index contributed by atoms with van der Waals surface area (Å²) in [6, 6.07) is 22.4. The van der Waals surface area contributed by atoms with Gasteiger partial charge in [-0.05, 0) is 42.0 Å². The molecule has 0 atom stereocenters. The van der Waals surface area contributed by atoms with Crippen LogP contribution in [0.2, 0.25) is 0 Å². The van der Waals surface area contributed by atoms with Gasteiger partial charge in [-0.3, -0.25) is 9.59 Å². The van der Waals surface area contributed by atoms with Crippen LogP contribution in [0.5, 0.6) is 5.75 Å². The maximum atomic E-state index is 12.6. The highest BCUT2D eigenvalue weighted by atomic mass is 16.5. The second-order valence-electron chi connectivity index (χ2n) is 6.74. The number of hydrogen-bond donors (Lipinski definition) is 2. The minimum atomic E-state index is -0.367. The molecule has 2 N–H and O–H groups in total. The highest BCUT2D eigenvalue weighted by Gasteiger charge is 2.12. The maximum absolute atomic E-state index is 12.6. The third-order valence-corrected chi connectivity index (χ3v) is 4.51. The summed E-state index contributed by atoms with van der Waals surface area (Å²) < 4.78 is 5.81. The lowest BCUT2D eigenvalue weighted by Crippen LogP contribution is -2.36. The third-order valence-electron chi connectivity index (χ3n) is 4.51. The lowest BCUT2D eigenvalue weighted by molar-refractivity contribution is -0.119. The van der Waals surface area contributed by atoms with E-state index in [9.17, 15) is 9.59 Å². The van der Waals surface area contributed by atoms with Gasteiger partial charge in [-0.1, -0.05) is 73.3 Å². The van der Waals surface area contributed by atoms with Gasteiger partial charge in [0, 0.05) is 5.56 Å². The Balaban J connectivity index is 1.68. The van der Waals surface area contributed by atoms with E-state index in [1.807, 2.05) is 66.7 Å². The van der Waals surface area contributed by atoms with Crippen LogP contribution in [-0.4, -0.2) is 18.4 Å². The van der Waals surface area contributed by atoms with Crippen LogP contribution in [0, 0.1) is 0 Å². The molecular weight excluding hydrogens is 388 g/mol. The number of para-hydroxylation sites is 1. The van der Waals surface area contributed by atoms with E-state index in [2.05, 4.69) is 17.2 Å². The summed E-state index contributed by atoms with van der Waals surface area (Å²) in [6.45, 7) is 5.23. The van der Waals surface area contributed by atoms with Crippen molar-refractivity contribution in [3.63, 3.8) is 0 Å². The summed E-state index contributed by atoms with van der Waals surface area (Å²) in [4.78, 5) is 25.1. The van der Waals surface area contributed by atoms with Gasteiger partial charge in [0.05, 0.1) is 12.2 Å². The van der Waals surface area contributed by atoms with E-state index in [0.29, 0.717) is 22.8 Å². The normalized spacial score (nSPS) is 11.6. The van der Waals surface area contributed by atoms with Gasteiger partial charge >= 0.3 is 0 Å². The molecule has 0 aliphatic carbocycles. The van der Waals surface area contributed by atoms with Gasteiger partial charge in [-0.15, -0.1) is 0 Å². The van der Waals surface area contributed by atoms with Crippen molar-refractivity contribution >= 4 is 22.6 Å². The van der Waals surface area contributed by atoms with E-state index in [0.717, 1.165) is 10.8 Å². The molecule has 0 saturated heterocycles. The minimum Gasteiger partial charge on any atom is -0.460 e. The van der Waals surface area contributed by atoms with E-state index in [1.165, 1.54) is 0 Å². The maximum Gasteiger partial charge on any atom is 0.252 e. The number of carbonyl (C=O) groups excluding carboxylic acids is 2. The number of benzene rings is 3. The number of nitrogens with one attached hydrogen (secondary N) is 2. The second kappa shape index (κ2) is 10.6. The Morgan fingerprint density at radius 2 is 1.68 bits per heavy atom. The first-order valence-corrected chi connectivity index (χ1v) is 9.87. The minimum absolute atomic E-state index is 0.175. The smallest absolute Gasteiger partial charge is 0.252 e. The fourth-order valence-corrected chi connectivity index (χ4v) is 3.01.